The van der Waals surface area contributed by atoms with E-state index in [2.05, 4.69) is 15.5 Å². The molecule has 1 heterocycles. The largest absolute Gasteiger partial charge is 0.491 e. The van der Waals surface area contributed by atoms with Crippen molar-refractivity contribution in [3.05, 3.63) is 41.6 Å². The van der Waals surface area contributed by atoms with Crippen molar-refractivity contribution in [2.75, 3.05) is 17.7 Å². The number of carbonyl (C=O) groups excluding carboxylic acids is 1. The maximum atomic E-state index is 11.6. The van der Waals surface area contributed by atoms with Gasteiger partial charge in [0.2, 0.25) is 5.91 Å². The number of nitrogens with one attached hydrogen (secondary N) is 1. The summed E-state index contributed by atoms with van der Waals surface area (Å²) < 4.78 is 5.42. The highest BCUT2D eigenvalue weighted by Gasteiger charge is 2.05. The van der Waals surface area contributed by atoms with Crippen LogP contribution in [0, 0.1) is 0 Å². The van der Waals surface area contributed by atoms with Gasteiger partial charge in [-0.2, -0.15) is 0 Å². The predicted octanol–water partition coefficient (Wildman–Crippen LogP) is 2.12. The van der Waals surface area contributed by atoms with Crippen molar-refractivity contribution in [3.8, 4) is 5.75 Å². The molecule has 0 spiro atoms. The normalized spacial score (nSPS) is 10.1. The van der Waals surface area contributed by atoms with E-state index in [0.29, 0.717) is 17.3 Å². The number of benzene rings is 1. The third-order valence-electron chi connectivity index (χ3n) is 2.41. The first kappa shape index (κ1) is 14.1. The highest BCUT2D eigenvalue weighted by atomic mass is 35.5. The molecule has 0 aliphatic heterocycles. The summed E-state index contributed by atoms with van der Waals surface area (Å²) in [7, 11) is 0. The maximum absolute atomic E-state index is 11.6. The van der Waals surface area contributed by atoms with Gasteiger partial charge >= 0.3 is 0 Å². The van der Waals surface area contributed by atoms with Crippen LogP contribution in [0.1, 0.15) is 6.42 Å². The third-order valence-corrected chi connectivity index (χ3v) is 2.61. The average Bonchev–Trinajstić information content (AvgIpc) is 2.43. The van der Waals surface area contributed by atoms with Gasteiger partial charge in [0, 0.05) is 0 Å². The Morgan fingerprint density at radius 3 is 2.75 bits per heavy atom. The highest BCUT2D eigenvalue weighted by Crippen LogP contribution is 2.19. The molecule has 2 rings (SSSR count). The minimum Gasteiger partial charge on any atom is -0.491 e. The van der Waals surface area contributed by atoms with Crippen molar-refractivity contribution >= 4 is 29.0 Å². The van der Waals surface area contributed by atoms with E-state index in [9.17, 15) is 4.79 Å². The summed E-state index contributed by atoms with van der Waals surface area (Å²) in [6, 6.07) is 10.2. The number of aromatic nitrogens is 2. The van der Waals surface area contributed by atoms with Crippen molar-refractivity contribution in [3.63, 3.8) is 0 Å². The van der Waals surface area contributed by atoms with Gasteiger partial charge in [0.1, 0.15) is 5.75 Å². The summed E-state index contributed by atoms with van der Waals surface area (Å²) in [5.41, 5.74) is 6.26. The number of anilines is 2. The number of nitrogens with zero attached hydrogens (tertiary/aromatic N) is 2. The number of rotatable bonds is 5. The highest BCUT2D eigenvalue weighted by molar-refractivity contribution is 6.29. The number of halogens is 1. The van der Waals surface area contributed by atoms with Gasteiger partial charge in [-0.25, -0.2) is 0 Å². The lowest BCUT2D eigenvalue weighted by Crippen LogP contribution is -2.16. The Labute approximate surface area is 120 Å². The monoisotopic (exact) mass is 292 g/mol. The molecule has 7 heteroatoms. The maximum Gasteiger partial charge on any atom is 0.229 e. The molecule has 1 amide bonds. The zero-order valence-electron chi connectivity index (χ0n) is 10.5. The van der Waals surface area contributed by atoms with Crippen LogP contribution in [0.5, 0.6) is 5.75 Å². The minimum absolute atomic E-state index is 0.179. The van der Waals surface area contributed by atoms with Crippen molar-refractivity contribution in [1.82, 2.24) is 10.2 Å². The van der Waals surface area contributed by atoms with Crippen LogP contribution in [-0.4, -0.2) is 22.7 Å². The van der Waals surface area contributed by atoms with Crippen LogP contribution in [0.2, 0.25) is 5.15 Å². The molecule has 0 bridgehead atoms. The summed E-state index contributed by atoms with van der Waals surface area (Å²) in [6.07, 6.45) is 0.179. The lowest BCUT2D eigenvalue weighted by Gasteiger charge is -2.08. The van der Waals surface area contributed by atoms with Crippen molar-refractivity contribution in [2.24, 2.45) is 0 Å². The van der Waals surface area contributed by atoms with Crippen LogP contribution in [0.25, 0.3) is 0 Å². The number of nitrogens with two attached hydrogens (primary N) is 1. The number of hydrogen-bond donors (Lipinski definition) is 2. The number of nitrogen functional groups attached to an aromatic ring is 1. The van der Waals surface area contributed by atoms with Crippen LogP contribution < -0.4 is 15.8 Å². The standard InChI is InChI=1S/C13H13ClN4O2/c14-11-5-6-12(18-17-11)16-13(19)7-8-20-10-4-2-1-3-9(10)15/h1-6H,7-8,15H2,(H,16,18,19). The lowest BCUT2D eigenvalue weighted by molar-refractivity contribution is -0.116. The topological polar surface area (TPSA) is 90.1 Å². The summed E-state index contributed by atoms with van der Waals surface area (Å²) in [5, 5.41) is 10.2. The van der Waals surface area contributed by atoms with Gasteiger partial charge in [-0.05, 0) is 24.3 Å². The Morgan fingerprint density at radius 2 is 2.05 bits per heavy atom. The molecule has 0 saturated heterocycles. The van der Waals surface area contributed by atoms with Gasteiger partial charge < -0.3 is 15.8 Å². The fourth-order valence-corrected chi connectivity index (χ4v) is 1.55. The van der Waals surface area contributed by atoms with E-state index in [0.717, 1.165) is 0 Å². The molecule has 6 nitrogen and oxygen atoms in total. The first-order valence-corrected chi connectivity index (χ1v) is 6.29. The molecule has 104 valence electrons. The Morgan fingerprint density at radius 1 is 1.25 bits per heavy atom. The van der Waals surface area contributed by atoms with Crippen LogP contribution in [0.15, 0.2) is 36.4 Å². The Kier molecular flexibility index (Phi) is 4.73. The van der Waals surface area contributed by atoms with Crippen molar-refractivity contribution in [1.29, 1.82) is 0 Å². The molecular weight excluding hydrogens is 280 g/mol. The summed E-state index contributed by atoms with van der Waals surface area (Å²) in [5.74, 6) is 0.682. The van der Waals surface area contributed by atoms with Gasteiger partial charge in [0.05, 0.1) is 18.7 Å². The van der Waals surface area contributed by atoms with E-state index in [4.69, 9.17) is 22.1 Å². The average molecular weight is 293 g/mol. The first-order chi connectivity index (χ1) is 9.65. The van der Waals surface area contributed by atoms with E-state index >= 15 is 0 Å². The van der Waals surface area contributed by atoms with Crippen molar-refractivity contribution in [2.45, 2.75) is 6.42 Å². The molecule has 0 aliphatic carbocycles. The van der Waals surface area contributed by atoms with E-state index < -0.39 is 0 Å². The van der Waals surface area contributed by atoms with Crippen LogP contribution in [0.3, 0.4) is 0 Å². The zero-order chi connectivity index (χ0) is 14.4. The first-order valence-electron chi connectivity index (χ1n) is 5.91. The summed E-state index contributed by atoms with van der Waals surface area (Å²) in [4.78, 5) is 11.6. The van der Waals surface area contributed by atoms with Gasteiger partial charge in [-0.1, -0.05) is 23.7 Å². The van der Waals surface area contributed by atoms with Gasteiger partial charge in [-0.15, -0.1) is 10.2 Å². The van der Waals surface area contributed by atoms with E-state index in [1.54, 1.807) is 24.3 Å². The zero-order valence-corrected chi connectivity index (χ0v) is 11.3. The SMILES string of the molecule is Nc1ccccc1OCCC(=O)Nc1ccc(Cl)nn1. The Bertz CT molecular complexity index is 589. The molecule has 0 saturated carbocycles. The second-order valence-electron chi connectivity index (χ2n) is 3.93. The van der Waals surface area contributed by atoms with Crippen LogP contribution in [0.4, 0.5) is 11.5 Å². The predicted molar refractivity (Wildman–Crippen MR) is 76.6 cm³/mol. The number of hydrogen-bond acceptors (Lipinski definition) is 5. The molecule has 3 N–H and O–H groups in total. The molecule has 1 aromatic carbocycles. The van der Waals surface area contributed by atoms with Crippen LogP contribution >= 0.6 is 11.6 Å². The molecule has 0 aliphatic rings. The lowest BCUT2D eigenvalue weighted by atomic mass is 10.3. The van der Waals surface area contributed by atoms with E-state index in [-0.39, 0.29) is 24.1 Å². The summed E-state index contributed by atoms with van der Waals surface area (Å²) in [6.45, 7) is 0.223. The van der Waals surface area contributed by atoms with Gasteiger partial charge in [0.15, 0.2) is 11.0 Å². The van der Waals surface area contributed by atoms with Gasteiger partial charge in [-0.3, -0.25) is 4.79 Å². The molecule has 2 aromatic rings. The van der Waals surface area contributed by atoms with Crippen LogP contribution in [-0.2, 0) is 4.79 Å². The van der Waals surface area contributed by atoms with Gasteiger partial charge in [0.25, 0.3) is 0 Å². The molecule has 1 aromatic heterocycles. The quantitative estimate of drug-likeness (QED) is 0.824. The second kappa shape index (κ2) is 6.72. The fraction of sp³-hybridized carbons (Fsp3) is 0.154. The molecule has 0 fully saturated rings. The number of para-hydroxylation sites is 2. The smallest absolute Gasteiger partial charge is 0.229 e. The minimum atomic E-state index is -0.226. The molecule has 0 radical (unpaired) electrons. The Balaban J connectivity index is 1.78. The molecule has 0 unspecified atom stereocenters. The second-order valence-corrected chi connectivity index (χ2v) is 4.31. The molecule has 0 atom stereocenters. The Hall–Kier alpha value is -2.34. The van der Waals surface area contributed by atoms with E-state index in [1.807, 2.05) is 12.1 Å². The molecular formula is C13H13ClN4O2. The third kappa shape index (κ3) is 4.10. The number of carbonyl (C=O) groups is 1. The fourth-order valence-electron chi connectivity index (χ4n) is 1.45. The van der Waals surface area contributed by atoms with E-state index in [1.165, 1.54) is 0 Å². The number of ether oxygens (including phenoxy) is 1. The molecule has 20 heavy (non-hydrogen) atoms. The summed E-state index contributed by atoms with van der Waals surface area (Å²) >= 11 is 5.60. The number of amides is 1. The van der Waals surface area contributed by atoms with Crippen molar-refractivity contribution < 1.29 is 9.53 Å².